The molecule has 4 fully saturated rings. The van der Waals surface area contributed by atoms with E-state index in [4.69, 9.17) is 26.1 Å². The van der Waals surface area contributed by atoms with Crippen LogP contribution in [-0.4, -0.2) is 112 Å². The van der Waals surface area contributed by atoms with E-state index in [2.05, 4.69) is 44.6 Å². The van der Waals surface area contributed by atoms with Crippen molar-refractivity contribution in [1.82, 2.24) is 35.0 Å². The number of carbonyl (C=O) groups is 4. The lowest BCUT2D eigenvalue weighted by molar-refractivity contribution is -0.137. The minimum absolute atomic E-state index is 0.0245. The van der Waals surface area contributed by atoms with Crippen molar-refractivity contribution in [3.63, 3.8) is 0 Å². The molecule has 2 aromatic carbocycles. The monoisotopic (exact) mass is 925 g/mol. The highest BCUT2D eigenvalue weighted by Gasteiger charge is 2.46. The molecule has 5 aliphatic rings. The summed E-state index contributed by atoms with van der Waals surface area (Å²) in [6.07, 6.45) is 6.68. The van der Waals surface area contributed by atoms with Crippen molar-refractivity contribution in [2.24, 2.45) is 5.41 Å². The molecule has 16 nitrogen and oxygen atoms in total. The average molecular weight is 926 g/mol. The molecule has 0 bridgehead atoms. The van der Waals surface area contributed by atoms with Crippen LogP contribution in [0.15, 0.2) is 47.4 Å². The van der Waals surface area contributed by atoms with Gasteiger partial charge in [-0.05, 0) is 106 Å². The van der Waals surface area contributed by atoms with Gasteiger partial charge in [0.1, 0.15) is 16.9 Å². The fourth-order valence-corrected chi connectivity index (χ4v) is 10.7. The van der Waals surface area contributed by atoms with Crippen LogP contribution in [0.1, 0.15) is 106 Å². The van der Waals surface area contributed by atoms with Gasteiger partial charge in [-0.15, -0.1) is 0 Å². The Kier molecular flexibility index (Phi) is 12.6. The zero-order valence-corrected chi connectivity index (χ0v) is 38.8. The summed E-state index contributed by atoms with van der Waals surface area (Å²) >= 11 is 6.61. The Labute approximate surface area is 387 Å². The van der Waals surface area contributed by atoms with Gasteiger partial charge in [-0.25, -0.2) is 9.37 Å². The summed E-state index contributed by atoms with van der Waals surface area (Å²) < 4.78 is 30.2. The summed E-state index contributed by atoms with van der Waals surface area (Å²) in [7, 11) is 1.51. The number of aromatic nitrogens is 3. The predicted molar refractivity (Wildman–Crippen MR) is 247 cm³/mol. The molecule has 4 aromatic rings. The molecule has 1 saturated carbocycles. The van der Waals surface area contributed by atoms with E-state index >= 15 is 4.39 Å². The minimum Gasteiger partial charge on any atom is -0.478 e. The van der Waals surface area contributed by atoms with Gasteiger partial charge in [0.15, 0.2) is 18.2 Å². The SMILES string of the molecule is CNC(=O)COc1cc2cc(Nc3nc(N4CCC(O[C@H]5C[C@H](N6CCC(c7ccc8c(c7F)CN(C7CCC(=O)NC7=O)C8=O)C(C)(C)C6)C5)CC4)ncc3Cl)ccc2n(C(C)C)c1=O. The lowest BCUT2D eigenvalue weighted by Crippen LogP contribution is -2.55. The maximum Gasteiger partial charge on any atom is 0.293 e. The summed E-state index contributed by atoms with van der Waals surface area (Å²) in [5.41, 5.74) is 2.16. The number of rotatable bonds is 12. The molecule has 1 aliphatic carbocycles. The number of pyridine rings is 1. The first-order chi connectivity index (χ1) is 31.6. The first kappa shape index (κ1) is 45.5. The van der Waals surface area contributed by atoms with Crippen LogP contribution in [0.5, 0.6) is 5.75 Å². The van der Waals surface area contributed by atoms with E-state index < -0.39 is 11.9 Å². The molecular formula is C48H57ClFN9O7. The van der Waals surface area contributed by atoms with Gasteiger partial charge >= 0.3 is 0 Å². The summed E-state index contributed by atoms with van der Waals surface area (Å²) in [5.74, 6) is -0.846. The van der Waals surface area contributed by atoms with Gasteiger partial charge in [0.2, 0.25) is 17.8 Å². The fourth-order valence-electron chi connectivity index (χ4n) is 10.6. The second-order valence-corrected chi connectivity index (χ2v) is 19.7. The maximum atomic E-state index is 16.3. The first-order valence-electron chi connectivity index (χ1n) is 23.0. The van der Waals surface area contributed by atoms with E-state index in [1.54, 1.807) is 29.0 Å². The number of imide groups is 1. The third-order valence-electron chi connectivity index (χ3n) is 14.2. The number of likely N-dealkylation sites (N-methyl/N-ethyl adjacent to an activating group) is 1. The fraction of sp³-hybridized carbons (Fsp3) is 0.521. The van der Waals surface area contributed by atoms with E-state index in [1.807, 2.05) is 32.0 Å². The number of carbonyl (C=O) groups excluding carboxylic acids is 4. The number of piperidine rings is 3. The van der Waals surface area contributed by atoms with Crippen LogP contribution in [-0.2, 0) is 25.7 Å². The maximum absolute atomic E-state index is 16.3. The minimum atomic E-state index is -0.782. The molecule has 2 unspecified atom stereocenters. The van der Waals surface area contributed by atoms with Crippen molar-refractivity contribution in [3.05, 3.63) is 80.5 Å². The number of hydrogen-bond donors (Lipinski definition) is 3. The topological polar surface area (TPSA) is 180 Å². The zero-order valence-electron chi connectivity index (χ0n) is 38.0. The van der Waals surface area contributed by atoms with Crippen molar-refractivity contribution in [3.8, 4) is 5.75 Å². The largest absolute Gasteiger partial charge is 0.478 e. The number of anilines is 3. The summed E-state index contributed by atoms with van der Waals surface area (Å²) in [6.45, 7) is 11.1. The third-order valence-corrected chi connectivity index (χ3v) is 14.4. The molecular weight excluding hydrogens is 869 g/mol. The Morgan fingerprint density at radius 3 is 2.50 bits per heavy atom. The molecule has 0 spiro atoms. The highest BCUT2D eigenvalue weighted by atomic mass is 35.5. The Balaban J connectivity index is 0.767. The number of hydrogen-bond acceptors (Lipinski definition) is 12. The molecule has 9 rings (SSSR count). The van der Waals surface area contributed by atoms with Crippen molar-refractivity contribution in [2.45, 2.75) is 115 Å². The number of fused-ring (bicyclic) bond motifs is 2. The van der Waals surface area contributed by atoms with E-state index in [0.29, 0.717) is 45.2 Å². The van der Waals surface area contributed by atoms with E-state index in [-0.39, 0.29) is 90.4 Å². The molecule has 0 radical (unpaired) electrons. The van der Waals surface area contributed by atoms with Crippen molar-refractivity contribution in [2.75, 3.05) is 50.1 Å². The molecule has 2 atom stereocenters. The molecule has 6 heterocycles. The number of nitrogens with zero attached hydrogens (tertiary/aromatic N) is 6. The number of nitrogens with one attached hydrogen (secondary N) is 3. The smallest absolute Gasteiger partial charge is 0.293 e. The Morgan fingerprint density at radius 2 is 1.79 bits per heavy atom. The normalized spacial score (nSPS) is 23.5. The van der Waals surface area contributed by atoms with Gasteiger partial charge in [0, 0.05) is 67.4 Å². The lowest BCUT2D eigenvalue weighted by Gasteiger charge is -2.51. The van der Waals surface area contributed by atoms with E-state index in [1.165, 1.54) is 11.9 Å². The quantitative estimate of drug-likeness (QED) is 0.145. The summed E-state index contributed by atoms with van der Waals surface area (Å²) in [5, 5.41) is 9.25. The van der Waals surface area contributed by atoms with Crippen molar-refractivity contribution < 1.29 is 33.0 Å². The number of likely N-dealkylation sites (tertiary alicyclic amines) is 1. The molecule has 66 heavy (non-hydrogen) atoms. The number of amides is 4. The molecule has 350 valence electrons. The molecule has 3 N–H and O–H groups in total. The van der Waals surface area contributed by atoms with Crippen LogP contribution in [0.4, 0.5) is 21.8 Å². The Bertz CT molecular complexity index is 2640. The van der Waals surface area contributed by atoms with Crippen LogP contribution < -0.4 is 31.1 Å². The molecule has 18 heteroatoms. The number of halogens is 2. The second-order valence-electron chi connectivity index (χ2n) is 19.3. The zero-order chi connectivity index (χ0) is 46.6. The van der Waals surface area contributed by atoms with Gasteiger partial charge in [0.05, 0.1) is 30.5 Å². The van der Waals surface area contributed by atoms with E-state index in [0.717, 1.165) is 69.2 Å². The molecule has 4 amide bonds. The van der Waals surface area contributed by atoms with Crippen LogP contribution in [0.2, 0.25) is 5.02 Å². The first-order valence-corrected chi connectivity index (χ1v) is 23.4. The van der Waals surface area contributed by atoms with Gasteiger partial charge in [0.25, 0.3) is 17.4 Å². The number of benzene rings is 2. The Hall–Kier alpha value is -5.65. The van der Waals surface area contributed by atoms with Gasteiger partial charge < -0.3 is 34.5 Å². The van der Waals surface area contributed by atoms with Crippen molar-refractivity contribution in [1.29, 1.82) is 0 Å². The highest BCUT2D eigenvalue weighted by molar-refractivity contribution is 6.33. The van der Waals surface area contributed by atoms with Gasteiger partial charge in [-0.3, -0.25) is 34.2 Å². The predicted octanol–water partition coefficient (Wildman–Crippen LogP) is 5.83. The molecule has 2 aromatic heterocycles. The van der Waals surface area contributed by atoms with Crippen LogP contribution >= 0.6 is 11.6 Å². The summed E-state index contributed by atoms with van der Waals surface area (Å²) in [4.78, 5) is 78.1. The van der Waals surface area contributed by atoms with E-state index in [9.17, 15) is 24.0 Å². The summed E-state index contributed by atoms with van der Waals surface area (Å²) in [6, 6.07) is 10.2. The van der Waals surface area contributed by atoms with Crippen LogP contribution in [0, 0.1) is 11.2 Å². The Morgan fingerprint density at radius 1 is 1.02 bits per heavy atom. The number of ether oxygens (including phenoxy) is 2. The standard InChI is InChI=1S/C48H57ClFN9O7/c1-26(2)59-37-9-6-28(18-27(37)19-39(46(59)64)65-24-41(61)51-5)53-43-36(49)22-52-47(55-43)56-15-12-30(13-16-56)66-31-20-29(21-31)57-17-14-35(48(3,4)25-57)33-8-7-32-34(42(33)50)23-58(45(32)63)38-10-11-40(60)54-44(38)62/h6-9,18-19,22,26,29-31,35,38H,10-17,20-21,23-25H2,1-5H3,(H,51,61)(H,52,53,55)(H,54,60,62)/t29-,31-,35?,38?. The third kappa shape index (κ3) is 8.84. The molecule has 3 saturated heterocycles. The highest BCUT2D eigenvalue weighted by Crippen LogP contribution is 2.47. The molecule has 4 aliphatic heterocycles. The van der Waals surface area contributed by atoms with Gasteiger partial charge in [-0.2, -0.15) is 4.98 Å². The van der Waals surface area contributed by atoms with Crippen LogP contribution in [0.3, 0.4) is 0 Å². The van der Waals surface area contributed by atoms with Crippen molar-refractivity contribution >= 4 is 63.6 Å². The average Bonchev–Trinajstić information content (AvgIpc) is 3.60. The lowest BCUT2D eigenvalue weighted by atomic mass is 9.69. The van der Waals surface area contributed by atoms with Crippen LogP contribution in [0.25, 0.3) is 10.9 Å². The van der Waals surface area contributed by atoms with Gasteiger partial charge in [-0.1, -0.05) is 31.5 Å². The second kappa shape index (κ2) is 18.2.